The fourth-order valence-corrected chi connectivity index (χ4v) is 6.61. The lowest BCUT2D eigenvalue weighted by Crippen LogP contribution is -2.40. The molecule has 214 valence electrons. The summed E-state index contributed by atoms with van der Waals surface area (Å²) in [7, 11) is -2.11. The molecule has 1 aliphatic rings. The SMILES string of the molecule is COc1ccc(-n2c(CCCNC(C)=O)nnc2SCC(=O)c2ccc(S(=O)(=O)N3CCOCC3)cc2)cc1Cl. The molecule has 1 aromatic heterocycles. The van der Waals surface area contributed by atoms with E-state index in [4.69, 9.17) is 21.1 Å². The first-order valence-electron chi connectivity index (χ1n) is 12.6. The Morgan fingerprint density at radius 2 is 1.85 bits per heavy atom. The van der Waals surface area contributed by atoms with E-state index in [1.807, 2.05) is 10.6 Å². The van der Waals surface area contributed by atoms with Crippen LogP contribution < -0.4 is 10.1 Å². The van der Waals surface area contributed by atoms with Crippen molar-refractivity contribution in [2.24, 2.45) is 0 Å². The zero-order chi connectivity index (χ0) is 28.7. The molecule has 2 aromatic carbocycles. The predicted molar refractivity (Wildman–Crippen MR) is 151 cm³/mol. The number of aromatic nitrogens is 3. The number of nitrogens with zero attached hydrogens (tertiary/aromatic N) is 4. The van der Waals surface area contributed by atoms with Crippen LogP contribution in [0.1, 0.15) is 29.5 Å². The van der Waals surface area contributed by atoms with Crippen LogP contribution in [0.15, 0.2) is 52.5 Å². The third-order valence-electron chi connectivity index (χ3n) is 6.16. The Labute approximate surface area is 242 Å². The van der Waals surface area contributed by atoms with Gasteiger partial charge in [0.1, 0.15) is 11.6 Å². The Morgan fingerprint density at radius 1 is 1.12 bits per heavy atom. The van der Waals surface area contributed by atoms with E-state index in [9.17, 15) is 18.0 Å². The molecule has 0 radical (unpaired) electrons. The van der Waals surface area contributed by atoms with Gasteiger partial charge >= 0.3 is 0 Å². The molecule has 1 saturated heterocycles. The van der Waals surface area contributed by atoms with E-state index in [2.05, 4.69) is 15.5 Å². The Balaban J connectivity index is 1.49. The molecule has 1 amide bonds. The zero-order valence-corrected chi connectivity index (χ0v) is 24.5. The second-order valence-electron chi connectivity index (χ2n) is 8.89. The maximum Gasteiger partial charge on any atom is 0.243 e. The molecule has 1 fully saturated rings. The van der Waals surface area contributed by atoms with Gasteiger partial charge in [0.2, 0.25) is 15.9 Å². The number of aryl methyl sites for hydroxylation is 1. The molecule has 0 saturated carbocycles. The molecule has 0 unspecified atom stereocenters. The van der Waals surface area contributed by atoms with Crippen molar-refractivity contribution in [3.05, 3.63) is 58.9 Å². The van der Waals surface area contributed by atoms with Gasteiger partial charge in [0.25, 0.3) is 0 Å². The molecule has 1 aliphatic heterocycles. The molecule has 0 bridgehead atoms. The summed E-state index contributed by atoms with van der Waals surface area (Å²) < 4.78 is 39.5. The fourth-order valence-electron chi connectivity index (χ4n) is 4.08. The van der Waals surface area contributed by atoms with Gasteiger partial charge in [0, 0.05) is 38.5 Å². The number of amides is 1. The fraction of sp³-hybridized carbons (Fsp3) is 0.385. The largest absolute Gasteiger partial charge is 0.495 e. The van der Waals surface area contributed by atoms with Crippen molar-refractivity contribution >= 4 is 45.1 Å². The van der Waals surface area contributed by atoms with E-state index in [1.54, 1.807) is 12.1 Å². The number of sulfonamides is 1. The van der Waals surface area contributed by atoms with E-state index in [-0.39, 0.29) is 22.3 Å². The lowest BCUT2D eigenvalue weighted by atomic mass is 10.1. The maximum atomic E-state index is 13.0. The lowest BCUT2D eigenvalue weighted by Gasteiger charge is -2.26. The molecule has 0 aliphatic carbocycles. The van der Waals surface area contributed by atoms with Crippen LogP contribution in [0.25, 0.3) is 5.69 Å². The lowest BCUT2D eigenvalue weighted by molar-refractivity contribution is -0.118. The Bertz CT molecular complexity index is 1460. The van der Waals surface area contributed by atoms with Crippen LogP contribution >= 0.6 is 23.4 Å². The number of halogens is 1. The number of rotatable bonds is 12. The molecule has 11 nitrogen and oxygen atoms in total. The summed E-state index contributed by atoms with van der Waals surface area (Å²) in [5.41, 5.74) is 1.10. The van der Waals surface area contributed by atoms with E-state index in [0.717, 1.165) is 0 Å². The minimum Gasteiger partial charge on any atom is -0.495 e. The summed E-state index contributed by atoms with van der Waals surface area (Å²) in [6.45, 7) is 3.27. The van der Waals surface area contributed by atoms with Crippen molar-refractivity contribution in [2.75, 3.05) is 45.7 Å². The number of ether oxygens (including phenoxy) is 2. The third kappa shape index (κ3) is 7.21. The summed E-state index contributed by atoms with van der Waals surface area (Å²) in [5, 5.41) is 12.3. The molecule has 2 heterocycles. The summed E-state index contributed by atoms with van der Waals surface area (Å²) >= 11 is 7.59. The predicted octanol–water partition coefficient (Wildman–Crippen LogP) is 2.99. The van der Waals surface area contributed by atoms with E-state index >= 15 is 0 Å². The summed E-state index contributed by atoms with van der Waals surface area (Å²) in [6, 6.07) is 11.3. The van der Waals surface area contributed by atoms with Gasteiger partial charge in [-0.25, -0.2) is 8.42 Å². The van der Waals surface area contributed by atoms with Gasteiger partial charge in [-0.3, -0.25) is 14.2 Å². The first kappa shape index (κ1) is 30.0. The average molecular weight is 608 g/mol. The molecule has 3 aromatic rings. The zero-order valence-electron chi connectivity index (χ0n) is 22.1. The number of nitrogens with one attached hydrogen (secondary N) is 1. The summed E-state index contributed by atoms with van der Waals surface area (Å²) in [5.74, 6) is 0.941. The summed E-state index contributed by atoms with van der Waals surface area (Å²) in [4.78, 5) is 24.4. The highest BCUT2D eigenvalue weighted by atomic mass is 35.5. The van der Waals surface area contributed by atoms with Crippen molar-refractivity contribution in [2.45, 2.75) is 29.8 Å². The first-order chi connectivity index (χ1) is 19.2. The minimum atomic E-state index is -3.64. The van der Waals surface area contributed by atoms with Crippen molar-refractivity contribution in [1.29, 1.82) is 0 Å². The van der Waals surface area contributed by atoms with Crippen LogP contribution in [0.4, 0.5) is 0 Å². The van der Waals surface area contributed by atoms with Gasteiger partial charge in [-0.1, -0.05) is 35.5 Å². The van der Waals surface area contributed by atoms with Gasteiger partial charge < -0.3 is 14.8 Å². The molecule has 1 N–H and O–H groups in total. The first-order valence-corrected chi connectivity index (χ1v) is 15.4. The Kier molecular flexibility index (Phi) is 10.2. The number of benzene rings is 2. The van der Waals surface area contributed by atoms with Gasteiger partial charge in [0.05, 0.1) is 41.7 Å². The highest BCUT2D eigenvalue weighted by Crippen LogP contribution is 2.30. The molecule has 14 heteroatoms. The topological polar surface area (TPSA) is 133 Å². The number of hydrogen-bond acceptors (Lipinski definition) is 9. The third-order valence-corrected chi connectivity index (χ3v) is 9.30. The smallest absolute Gasteiger partial charge is 0.243 e. The summed E-state index contributed by atoms with van der Waals surface area (Å²) in [6.07, 6.45) is 1.18. The number of Topliss-reactive ketones (excluding diaryl/α,β-unsaturated/α-hetero) is 1. The maximum absolute atomic E-state index is 13.0. The van der Waals surface area contributed by atoms with Crippen LogP contribution in [-0.2, 0) is 26.0 Å². The van der Waals surface area contributed by atoms with E-state index in [0.29, 0.717) is 78.7 Å². The molecule has 40 heavy (non-hydrogen) atoms. The quantitative estimate of drug-likeness (QED) is 0.187. The minimum absolute atomic E-state index is 0.0590. The van der Waals surface area contributed by atoms with Gasteiger partial charge in [-0.2, -0.15) is 4.31 Å². The molecular weight excluding hydrogens is 578 g/mol. The van der Waals surface area contributed by atoms with Gasteiger partial charge in [-0.05, 0) is 36.8 Å². The van der Waals surface area contributed by atoms with E-state index < -0.39 is 10.0 Å². The van der Waals surface area contributed by atoms with Crippen molar-refractivity contribution in [1.82, 2.24) is 24.4 Å². The van der Waals surface area contributed by atoms with Crippen molar-refractivity contribution in [3.63, 3.8) is 0 Å². The number of ketones is 1. The second-order valence-corrected chi connectivity index (χ2v) is 12.2. The highest BCUT2D eigenvalue weighted by Gasteiger charge is 2.26. The molecule has 0 spiro atoms. The molecular formula is C26H30ClN5O6S2. The average Bonchev–Trinajstić information content (AvgIpc) is 3.37. The van der Waals surface area contributed by atoms with Crippen molar-refractivity contribution in [3.8, 4) is 11.4 Å². The number of carbonyl (C=O) groups is 2. The van der Waals surface area contributed by atoms with Crippen LogP contribution in [0.5, 0.6) is 5.75 Å². The normalized spacial score (nSPS) is 14.2. The van der Waals surface area contributed by atoms with Crippen LogP contribution in [0.2, 0.25) is 5.02 Å². The molecule has 4 rings (SSSR count). The van der Waals surface area contributed by atoms with Crippen molar-refractivity contribution < 1.29 is 27.5 Å². The van der Waals surface area contributed by atoms with Crippen LogP contribution in [0.3, 0.4) is 0 Å². The Hall–Kier alpha value is -2.97. The van der Waals surface area contributed by atoms with Gasteiger partial charge in [0.15, 0.2) is 10.9 Å². The monoisotopic (exact) mass is 607 g/mol. The standard InChI is InChI=1S/C26H30ClN5O6S2/c1-18(33)28-11-3-4-25-29-30-26(32(25)20-7-10-24(37-2)22(27)16-20)39-17-23(34)19-5-8-21(9-6-19)40(35,36)31-12-14-38-15-13-31/h5-10,16H,3-4,11-15,17H2,1-2H3,(H,28,33). The number of methoxy groups -OCH3 is 1. The second kappa shape index (κ2) is 13.6. The van der Waals surface area contributed by atoms with Crippen LogP contribution in [0, 0.1) is 0 Å². The number of carbonyl (C=O) groups excluding carboxylic acids is 2. The highest BCUT2D eigenvalue weighted by molar-refractivity contribution is 7.99. The van der Waals surface area contributed by atoms with Crippen LogP contribution in [-0.4, -0.2) is 84.9 Å². The van der Waals surface area contributed by atoms with Gasteiger partial charge in [-0.15, -0.1) is 10.2 Å². The van der Waals surface area contributed by atoms with E-state index in [1.165, 1.54) is 54.4 Å². The number of morpholine rings is 1. The number of thioether (sulfide) groups is 1. The number of hydrogen-bond donors (Lipinski definition) is 1. The Morgan fingerprint density at radius 3 is 2.50 bits per heavy atom. The molecule has 0 atom stereocenters.